The predicted octanol–water partition coefficient (Wildman–Crippen LogP) is -0.857. The van der Waals surface area contributed by atoms with Gasteiger partial charge in [0.05, 0.1) is 0 Å². The molecule has 1 aromatic rings. The zero-order valence-corrected chi connectivity index (χ0v) is 7.51. The SMILES string of the molecule is COC(O)c1ccc(B(O)O)c(F)c1. The maximum absolute atomic E-state index is 13.1. The van der Waals surface area contributed by atoms with Gasteiger partial charge in [0.15, 0.2) is 6.29 Å². The number of ether oxygens (including phenoxy) is 1. The minimum Gasteiger partial charge on any atom is -0.423 e. The molecule has 0 aliphatic rings. The molecule has 0 saturated carbocycles. The molecule has 1 rings (SSSR count). The zero-order valence-electron chi connectivity index (χ0n) is 7.51. The van der Waals surface area contributed by atoms with Crippen LogP contribution in [0, 0.1) is 5.82 Å². The van der Waals surface area contributed by atoms with E-state index >= 15 is 0 Å². The predicted molar refractivity (Wildman–Crippen MR) is 48.2 cm³/mol. The second kappa shape index (κ2) is 4.52. The smallest absolute Gasteiger partial charge is 0.423 e. The lowest BCUT2D eigenvalue weighted by Gasteiger charge is -2.10. The van der Waals surface area contributed by atoms with Crippen LogP contribution in [-0.2, 0) is 4.74 Å². The molecular formula is C8H10BFO4. The summed E-state index contributed by atoms with van der Waals surface area (Å²) in [4.78, 5) is 0. The van der Waals surface area contributed by atoms with E-state index in [4.69, 9.17) is 15.2 Å². The molecule has 0 saturated heterocycles. The van der Waals surface area contributed by atoms with Gasteiger partial charge in [-0.25, -0.2) is 4.39 Å². The third-order valence-corrected chi connectivity index (χ3v) is 1.81. The first-order chi connectivity index (χ1) is 6.56. The van der Waals surface area contributed by atoms with E-state index in [9.17, 15) is 4.39 Å². The quantitative estimate of drug-likeness (QED) is 0.438. The Labute approximate surface area is 80.7 Å². The maximum atomic E-state index is 13.1. The molecule has 0 fully saturated rings. The van der Waals surface area contributed by atoms with Crippen LogP contribution < -0.4 is 5.46 Å². The molecule has 0 bridgehead atoms. The first-order valence-corrected chi connectivity index (χ1v) is 3.92. The first kappa shape index (κ1) is 11.1. The molecule has 0 heterocycles. The summed E-state index contributed by atoms with van der Waals surface area (Å²) in [5.41, 5.74) is -0.0218. The van der Waals surface area contributed by atoms with Gasteiger partial charge >= 0.3 is 7.12 Å². The molecule has 0 spiro atoms. The monoisotopic (exact) mass is 200 g/mol. The second-order valence-electron chi connectivity index (χ2n) is 2.74. The maximum Gasteiger partial charge on any atom is 0.491 e. The summed E-state index contributed by atoms with van der Waals surface area (Å²) in [6.45, 7) is 0. The summed E-state index contributed by atoms with van der Waals surface area (Å²) in [7, 11) is -0.582. The van der Waals surface area contributed by atoms with Gasteiger partial charge in [-0.1, -0.05) is 12.1 Å². The van der Waals surface area contributed by atoms with E-state index < -0.39 is 19.2 Å². The van der Waals surface area contributed by atoms with Crippen LogP contribution >= 0.6 is 0 Å². The summed E-state index contributed by atoms with van der Waals surface area (Å²) in [5, 5.41) is 26.6. The summed E-state index contributed by atoms with van der Waals surface area (Å²) in [6, 6.07) is 3.52. The van der Waals surface area contributed by atoms with Crippen LogP contribution in [0.3, 0.4) is 0 Å². The number of hydrogen-bond acceptors (Lipinski definition) is 4. The van der Waals surface area contributed by atoms with Crippen LogP contribution in [0.1, 0.15) is 11.9 Å². The first-order valence-electron chi connectivity index (χ1n) is 3.92. The van der Waals surface area contributed by atoms with Gasteiger partial charge in [0, 0.05) is 18.1 Å². The van der Waals surface area contributed by atoms with Crippen LogP contribution in [0.4, 0.5) is 4.39 Å². The van der Waals surface area contributed by atoms with Crippen molar-refractivity contribution in [1.29, 1.82) is 0 Å². The van der Waals surface area contributed by atoms with Gasteiger partial charge in [0.2, 0.25) is 0 Å². The fourth-order valence-electron chi connectivity index (χ4n) is 1.04. The number of benzene rings is 1. The molecule has 1 atom stereocenters. The Morgan fingerprint density at radius 2 is 2.07 bits per heavy atom. The molecule has 1 unspecified atom stereocenters. The molecule has 4 nitrogen and oxygen atoms in total. The van der Waals surface area contributed by atoms with Crippen molar-refractivity contribution in [1.82, 2.24) is 0 Å². The molecule has 0 aromatic heterocycles. The topological polar surface area (TPSA) is 69.9 Å². The Bertz CT molecular complexity index is 318. The highest BCUT2D eigenvalue weighted by molar-refractivity contribution is 6.58. The second-order valence-corrected chi connectivity index (χ2v) is 2.74. The lowest BCUT2D eigenvalue weighted by atomic mass is 9.79. The number of aliphatic hydroxyl groups is 1. The average molecular weight is 200 g/mol. The normalized spacial score (nSPS) is 12.6. The van der Waals surface area contributed by atoms with E-state index in [2.05, 4.69) is 4.74 Å². The Morgan fingerprint density at radius 1 is 1.43 bits per heavy atom. The van der Waals surface area contributed by atoms with Gasteiger partial charge in [0.25, 0.3) is 0 Å². The summed E-state index contributed by atoms with van der Waals surface area (Å²) >= 11 is 0. The zero-order chi connectivity index (χ0) is 10.7. The minimum absolute atomic E-state index is 0.217. The fourth-order valence-corrected chi connectivity index (χ4v) is 1.04. The number of halogens is 1. The van der Waals surface area contributed by atoms with Crippen molar-refractivity contribution in [3.05, 3.63) is 29.6 Å². The molecule has 3 N–H and O–H groups in total. The largest absolute Gasteiger partial charge is 0.491 e. The molecule has 0 aliphatic heterocycles. The minimum atomic E-state index is -1.86. The summed E-state index contributed by atoms with van der Waals surface area (Å²) in [5.74, 6) is -0.798. The molecule has 0 amide bonds. The molecule has 1 aromatic carbocycles. The number of hydrogen-bond donors (Lipinski definition) is 3. The van der Waals surface area contributed by atoms with Crippen LogP contribution in [0.15, 0.2) is 18.2 Å². The van der Waals surface area contributed by atoms with E-state index in [-0.39, 0.29) is 11.0 Å². The van der Waals surface area contributed by atoms with Crippen molar-refractivity contribution in [3.8, 4) is 0 Å². The third kappa shape index (κ3) is 2.30. The molecule has 14 heavy (non-hydrogen) atoms. The van der Waals surface area contributed by atoms with Crippen LogP contribution in [0.5, 0.6) is 0 Å². The molecular weight excluding hydrogens is 190 g/mol. The van der Waals surface area contributed by atoms with E-state index in [0.29, 0.717) is 0 Å². The van der Waals surface area contributed by atoms with Crippen molar-refractivity contribution in [2.45, 2.75) is 6.29 Å². The Morgan fingerprint density at radius 3 is 2.50 bits per heavy atom. The number of rotatable bonds is 3. The van der Waals surface area contributed by atoms with Gasteiger partial charge in [-0.2, -0.15) is 0 Å². The fraction of sp³-hybridized carbons (Fsp3) is 0.250. The van der Waals surface area contributed by atoms with Crippen molar-refractivity contribution in [2.75, 3.05) is 7.11 Å². The lowest BCUT2D eigenvalue weighted by Crippen LogP contribution is -2.32. The lowest BCUT2D eigenvalue weighted by molar-refractivity contribution is -0.0770. The Kier molecular flexibility index (Phi) is 3.59. The summed E-state index contributed by atoms with van der Waals surface area (Å²) < 4.78 is 17.7. The van der Waals surface area contributed by atoms with Crippen molar-refractivity contribution >= 4 is 12.6 Å². The van der Waals surface area contributed by atoms with Gasteiger partial charge < -0.3 is 19.9 Å². The van der Waals surface area contributed by atoms with E-state index in [1.807, 2.05) is 0 Å². The highest BCUT2D eigenvalue weighted by Crippen LogP contribution is 2.13. The van der Waals surface area contributed by atoms with Crippen LogP contribution in [-0.4, -0.2) is 29.4 Å². The standard InChI is InChI=1S/C8H10BFO4/c1-14-8(11)5-2-3-6(9(12)13)7(10)4-5/h2-4,8,11-13H,1H3. The highest BCUT2D eigenvalue weighted by Gasteiger charge is 2.17. The highest BCUT2D eigenvalue weighted by atomic mass is 19.1. The van der Waals surface area contributed by atoms with Gasteiger partial charge in [0.1, 0.15) is 5.82 Å². The van der Waals surface area contributed by atoms with Gasteiger partial charge in [-0.05, 0) is 6.07 Å². The van der Waals surface area contributed by atoms with Gasteiger partial charge in [-0.15, -0.1) is 0 Å². The Hall–Kier alpha value is -0.945. The molecule has 0 aliphatic carbocycles. The van der Waals surface area contributed by atoms with Crippen LogP contribution in [0.25, 0.3) is 0 Å². The third-order valence-electron chi connectivity index (χ3n) is 1.81. The van der Waals surface area contributed by atoms with Crippen LogP contribution in [0.2, 0.25) is 0 Å². The van der Waals surface area contributed by atoms with Gasteiger partial charge in [-0.3, -0.25) is 0 Å². The number of aliphatic hydroxyl groups excluding tert-OH is 1. The summed E-state index contributed by atoms with van der Waals surface area (Å²) in [6.07, 6.45) is -1.21. The number of methoxy groups -OCH3 is 1. The average Bonchev–Trinajstić information content (AvgIpc) is 2.15. The molecule has 6 heteroatoms. The van der Waals surface area contributed by atoms with Crippen molar-refractivity contribution in [3.63, 3.8) is 0 Å². The Balaban J connectivity index is 3.00. The van der Waals surface area contributed by atoms with Crippen molar-refractivity contribution in [2.24, 2.45) is 0 Å². The molecule has 76 valence electrons. The molecule has 0 radical (unpaired) electrons. The van der Waals surface area contributed by atoms with Crippen molar-refractivity contribution < 1.29 is 24.3 Å². The van der Waals surface area contributed by atoms with E-state index in [1.165, 1.54) is 19.2 Å². The van der Waals surface area contributed by atoms with E-state index in [0.717, 1.165) is 6.07 Å². The van der Waals surface area contributed by atoms with E-state index in [1.54, 1.807) is 0 Å².